The van der Waals surface area contributed by atoms with Crippen molar-refractivity contribution in [3.63, 3.8) is 0 Å². The van der Waals surface area contributed by atoms with Crippen LogP contribution in [0, 0.1) is 0 Å². The summed E-state index contributed by atoms with van der Waals surface area (Å²) in [6.45, 7) is 1.67. The van der Waals surface area contributed by atoms with Gasteiger partial charge in [-0.05, 0) is 19.1 Å². The van der Waals surface area contributed by atoms with Crippen LogP contribution in [0.2, 0.25) is 0 Å². The molecule has 0 aliphatic heterocycles. The second kappa shape index (κ2) is 4.00. The van der Waals surface area contributed by atoms with Gasteiger partial charge in [-0.2, -0.15) is 0 Å². The van der Waals surface area contributed by atoms with Crippen LogP contribution in [-0.4, -0.2) is 24.0 Å². The van der Waals surface area contributed by atoms with Crippen molar-refractivity contribution in [2.75, 3.05) is 11.9 Å². The molecule has 4 nitrogen and oxygen atoms in total. The fraction of sp³-hybridized carbons (Fsp3) is 0.333. The van der Waals surface area contributed by atoms with Gasteiger partial charge in [0.25, 0.3) is 0 Å². The highest BCUT2D eigenvalue weighted by atomic mass is 16.2. The van der Waals surface area contributed by atoms with Crippen molar-refractivity contribution in [3.05, 3.63) is 24.5 Å². The topological polar surface area (TPSA) is 59.2 Å². The average molecular weight is 179 g/mol. The van der Waals surface area contributed by atoms with E-state index in [2.05, 4.69) is 4.98 Å². The molecule has 0 fully saturated rings. The summed E-state index contributed by atoms with van der Waals surface area (Å²) >= 11 is 0. The maximum Gasteiger partial charge on any atom is 0.243 e. The number of rotatable bonds is 2. The molecule has 2 N–H and O–H groups in total. The molecule has 1 rings (SSSR count). The molecule has 0 saturated carbocycles. The number of carbonyl (C=O) groups is 1. The zero-order valence-corrected chi connectivity index (χ0v) is 7.77. The van der Waals surface area contributed by atoms with Gasteiger partial charge in [0.1, 0.15) is 0 Å². The Morgan fingerprint density at radius 3 is 2.54 bits per heavy atom. The number of hydrogen-bond acceptors (Lipinski definition) is 3. The van der Waals surface area contributed by atoms with Crippen LogP contribution in [0.5, 0.6) is 0 Å². The second-order valence-corrected chi connectivity index (χ2v) is 2.89. The van der Waals surface area contributed by atoms with Crippen molar-refractivity contribution in [2.45, 2.75) is 13.0 Å². The molecule has 1 heterocycles. The fourth-order valence-electron chi connectivity index (χ4n) is 1.00. The predicted molar refractivity (Wildman–Crippen MR) is 51.3 cm³/mol. The maximum absolute atomic E-state index is 11.4. The first-order chi connectivity index (χ1) is 6.13. The lowest BCUT2D eigenvalue weighted by Crippen LogP contribution is -2.39. The Kier molecular flexibility index (Phi) is 2.97. The van der Waals surface area contributed by atoms with Gasteiger partial charge >= 0.3 is 0 Å². The Morgan fingerprint density at radius 1 is 1.54 bits per heavy atom. The lowest BCUT2D eigenvalue weighted by molar-refractivity contribution is -0.119. The summed E-state index contributed by atoms with van der Waals surface area (Å²) in [7, 11) is 1.70. The molecule has 0 aromatic carbocycles. The highest BCUT2D eigenvalue weighted by molar-refractivity contribution is 5.96. The summed E-state index contributed by atoms with van der Waals surface area (Å²) in [6, 6.07) is 3.05. The predicted octanol–water partition coefficient (Wildman–Crippen LogP) is 0.392. The number of hydrogen-bond donors (Lipinski definition) is 1. The second-order valence-electron chi connectivity index (χ2n) is 2.89. The van der Waals surface area contributed by atoms with E-state index in [1.165, 1.54) is 4.90 Å². The van der Waals surface area contributed by atoms with E-state index < -0.39 is 6.04 Å². The molecule has 0 radical (unpaired) electrons. The van der Waals surface area contributed by atoms with Crippen molar-refractivity contribution in [3.8, 4) is 0 Å². The first-order valence-electron chi connectivity index (χ1n) is 4.06. The molecule has 0 saturated heterocycles. The van der Waals surface area contributed by atoms with Gasteiger partial charge in [0.15, 0.2) is 0 Å². The van der Waals surface area contributed by atoms with E-state index in [0.29, 0.717) is 0 Å². The summed E-state index contributed by atoms with van der Waals surface area (Å²) in [6.07, 6.45) is 3.28. The number of likely N-dealkylation sites (N-methyl/N-ethyl adjacent to an activating group) is 1. The number of aromatic nitrogens is 1. The minimum Gasteiger partial charge on any atom is -0.320 e. The number of pyridine rings is 1. The van der Waals surface area contributed by atoms with Crippen LogP contribution in [0.4, 0.5) is 5.69 Å². The highest BCUT2D eigenvalue weighted by Crippen LogP contribution is 2.10. The Hall–Kier alpha value is -1.42. The van der Waals surface area contributed by atoms with Crippen LogP contribution in [0.1, 0.15) is 6.92 Å². The third-order valence-corrected chi connectivity index (χ3v) is 1.77. The number of anilines is 1. The van der Waals surface area contributed by atoms with Crippen molar-refractivity contribution in [1.82, 2.24) is 4.98 Å². The van der Waals surface area contributed by atoms with E-state index in [9.17, 15) is 4.79 Å². The first kappa shape index (κ1) is 9.67. The number of carbonyl (C=O) groups excluding carboxylic acids is 1. The van der Waals surface area contributed by atoms with Gasteiger partial charge in [-0.3, -0.25) is 9.78 Å². The van der Waals surface area contributed by atoms with Gasteiger partial charge in [0.05, 0.1) is 6.04 Å². The van der Waals surface area contributed by atoms with Crippen molar-refractivity contribution in [2.24, 2.45) is 5.73 Å². The van der Waals surface area contributed by atoms with Crippen LogP contribution in [0.15, 0.2) is 24.5 Å². The number of nitrogens with zero attached hydrogens (tertiary/aromatic N) is 2. The standard InChI is InChI=1S/C9H13N3O/c1-7(10)9(13)12(2)8-3-5-11-6-4-8/h3-7H,10H2,1-2H3/t7-/m1/s1. The van der Waals surface area contributed by atoms with Gasteiger partial charge in [0.2, 0.25) is 5.91 Å². The summed E-state index contributed by atoms with van der Waals surface area (Å²) in [4.78, 5) is 16.8. The summed E-state index contributed by atoms with van der Waals surface area (Å²) in [5, 5.41) is 0. The highest BCUT2D eigenvalue weighted by Gasteiger charge is 2.14. The van der Waals surface area contributed by atoms with Gasteiger partial charge in [-0.25, -0.2) is 0 Å². The molecule has 13 heavy (non-hydrogen) atoms. The molecule has 4 heteroatoms. The molecular formula is C9H13N3O. The van der Waals surface area contributed by atoms with Crippen LogP contribution in [0.25, 0.3) is 0 Å². The lowest BCUT2D eigenvalue weighted by atomic mass is 10.3. The van der Waals surface area contributed by atoms with Gasteiger partial charge in [0, 0.05) is 25.1 Å². The molecule has 1 aromatic heterocycles. The maximum atomic E-state index is 11.4. The van der Waals surface area contributed by atoms with Crippen LogP contribution < -0.4 is 10.6 Å². The van der Waals surface area contributed by atoms with E-state index in [0.717, 1.165) is 5.69 Å². The van der Waals surface area contributed by atoms with Gasteiger partial charge in [-0.15, -0.1) is 0 Å². The molecule has 0 aliphatic rings. The molecule has 70 valence electrons. The Labute approximate surface area is 77.4 Å². The summed E-state index contributed by atoms with van der Waals surface area (Å²) in [5.74, 6) is -0.105. The average Bonchev–Trinajstić information content (AvgIpc) is 2.17. The quantitative estimate of drug-likeness (QED) is 0.714. The van der Waals surface area contributed by atoms with E-state index in [-0.39, 0.29) is 5.91 Å². The molecule has 0 bridgehead atoms. The van der Waals surface area contributed by atoms with E-state index in [1.807, 2.05) is 0 Å². The molecule has 0 unspecified atom stereocenters. The number of amides is 1. The van der Waals surface area contributed by atoms with Crippen LogP contribution in [-0.2, 0) is 4.79 Å². The normalized spacial score (nSPS) is 12.2. The Morgan fingerprint density at radius 2 is 2.08 bits per heavy atom. The molecule has 1 atom stereocenters. The summed E-state index contributed by atoms with van der Waals surface area (Å²) in [5.41, 5.74) is 6.27. The molecule has 1 amide bonds. The van der Waals surface area contributed by atoms with E-state index in [1.54, 1.807) is 38.5 Å². The van der Waals surface area contributed by atoms with Crippen molar-refractivity contribution in [1.29, 1.82) is 0 Å². The lowest BCUT2D eigenvalue weighted by Gasteiger charge is -2.18. The smallest absolute Gasteiger partial charge is 0.243 e. The Balaban J connectivity index is 2.80. The molecule has 1 aromatic rings. The van der Waals surface area contributed by atoms with E-state index in [4.69, 9.17) is 5.73 Å². The monoisotopic (exact) mass is 179 g/mol. The van der Waals surface area contributed by atoms with Crippen LogP contribution >= 0.6 is 0 Å². The number of nitrogens with two attached hydrogens (primary N) is 1. The van der Waals surface area contributed by atoms with E-state index >= 15 is 0 Å². The van der Waals surface area contributed by atoms with Gasteiger partial charge < -0.3 is 10.6 Å². The van der Waals surface area contributed by atoms with Crippen molar-refractivity contribution < 1.29 is 4.79 Å². The third-order valence-electron chi connectivity index (χ3n) is 1.77. The third kappa shape index (κ3) is 2.26. The summed E-state index contributed by atoms with van der Waals surface area (Å²) < 4.78 is 0. The fourth-order valence-corrected chi connectivity index (χ4v) is 1.00. The molecular weight excluding hydrogens is 166 g/mol. The first-order valence-corrected chi connectivity index (χ1v) is 4.06. The minimum atomic E-state index is -0.474. The minimum absolute atomic E-state index is 0.105. The Bertz CT molecular complexity index is 284. The largest absolute Gasteiger partial charge is 0.320 e. The molecule has 0 spiro atoms. The SMILES string of the molecule is C[C@@H](N)C(=O)N(C)c1ccncc1. The van der Waals surface area contributed by atoms with Gasteiger partial charge in [-0.1, -0.05) is 0 Å². The van der Waals surface area contributed by atoms with Crippen molar-refractivity contribution >= 4 is 11.6 Å². The zero-order valence-electron chi connectivity index (χ0n) is 7.77. The zero-order chi connectivity index (χ0) is 9.84. The molecule has 0 aliphatic carbocycles. The van der Waals surface area contributed by atoms with Crippen LogP contribution in [0.3, 0.4) is 0 Å².